The van der Waals surface area contributed by atoms with Crippen molar-refractivity contribution in [1.29, 1.82) is 0 Å². The highest BCUT2D eigenvalue weighted by Crippen LogP contribution is 2.28. The summed E-state index contributed by atoms with van der Waals surface area (Å²) in [6.45, 7) is 2.00. The molecule has 2 aromatic rings. The third-order valence-electron chi connectivity index (χ3n) is 4.91. The summed E-state index contributed by atoms with van der Waals surface area (Å²) in [5.41, 5.74) is 0.132. The van der Waals surface area contributed by atoms with Crippen LogP contribution in [0.25, 0.3) is 0 Å². The molecule has 32 heavy (non-hydrogen) atoms. The standard InChI is InChI=1S/C20H22FN3O6S2/c1-2-30-20(27)23-18(26)16-9-12-31-19(16)22-17(25)13-7-10-24(11-8-13)32(28,29)15-5-3-14(21)4-6-15/h3-6,9,12-13H,2,7-8,10-11H2,1H3,(H,22,25)(H,23,26,27). The van der Waals surface area contributed by atoms with Crippen LogP contribution in [0.15, 0.2) is 40.6 Å². The minimum atomic E-state index is -3.77. The summed E-state index contributed by atoms with van der Waals surface area (Å²) >= 11 is 1.13. The Kier molecular flexibility index (Phi) is 7.59. The molecule has 9 nitrogen and oxygen atoms in total. The molecule has 0 bridgehead atoms. The van der Waals surface area contributed by atoms with Crippen molar-refractivity contribution in [2.24, 2.45) is 5.92 Å². The summed E-state index contributed by atoms with van der Waals surface area (Å²) in [6.07, 6.45) is -0.292. The van der Waals surface area contributed by atoms with Crippen molar-refractivity contribution in [3.63, 3.8) is 0 Å². The number of alkyl carbamates (subject to hydrolysis) is 1. The zero-order chi connectivity index (χ0) is 23.3. The van der Waals surface area contributed by atoms with Gasteiger partial charge in [0.05, 0.1) is 17.1 Å². The molecule has 3 rings (SSSR count). The number of rotatable bonds is 6. The average Bonchev–Trinajstić information content (AvgIpc) is 3.22. The van der Waals surface area contributed by atoms with E-state index in [1.54, 1.807) is 12.3 Å². The molecule has 12 heteroatoms. The Morgan fingerprint density at radius 2 is 1.81 bits per heavy atom. The van der Waals surface area contributed by atoms with Gasteiger partial charge in [-0.05, 0) is 55.5 Å². The molecule has 2 N–H and O–H groups in total. The van der Waals surface area contributed by atoms with Crippen molar-refractivity contribution in [2.75, 3.05) is 25.0 Å². The summed E-state index contributed by atoms with van der Waals surface area (Å²) in [5, 5.41) is 6.67. The van der Waals surface area contributed by atoms with Gasteiger partial charge >= 0.3 is 6.09 Å². The van der Waals surface area contributed by atoms with Crippen LogP contribution in [0, 0.1) is 11.7 Å². The molecule has 1 aliphatic heterocycles. The fraction of sp³-hybridized carbons (Fsp3) is 0.350. The number of nitrogens with zero attached hydrogens (tertiary/aromatic N) is 1. The van der Waals surface area contributed by atoms with Crippen molar-refractivity contribution in [1.82, 2.24) is 9.62 Å². The van der Waals surface area contributed by atoms with E-state index in [9.17, 15) is 27.2 Å². The number of thiophene rings is 1. The topological polar surface area (TPSA) is 122 Å². The number of halogens is 1. The van der Waals surface area contributed by atoms with Gasteiger partial charge in [0.15, 0.2) is 0 Å². The monoisotopic (exact) mass is 483 g/mol. The molecule has 1 aromatic heterocycles. The first kappa shape index (κ1) is 23.8. The van der Waals surface area contributed by atoms with Crippen LogP contribution in [0.3, 0.4) is 0 Å². The molecule has 2 heterocycles. The molecular weight excluding hydrogens is 461 g/mol. The number of amides is 3. The zero-order valence-corrected chi connectivity index (χ0v) is 18.8. The summed E-state index contributed by atoms with van der Waals surface area (Å²) in [4.78, 5) is 36.4. The number of ether oxygens (including phenoxy) is 1. The molecule has 1 aromatic carbocycles. The van der Waals surface area contributed by atoms with Gasteiger partial charge < -0.3 is 10.1 Å². The molecule has 0 atom stereocenters. The van der Waals surface area contributed by atoms with E-state index in [1.807, 2.05) is 0 Å². The van der Waals surface area contributed by atoms with Crippen LogP contribution < -0.4 is 10.6 Å². The third kappa shape index (κ3) is 5.50. The van der Waals surface area contributed by atoms with Crippen LogP contribution in [0.5, 0.6) is 0 Å². The van der Waals surface area contributed by atoms with Gasteiger partial charge in [-0.15, -0.1) is 11.3 Å². The maximum atomic E-state index is 13.1. The zero-order valence-electron chi connectivity index (χ0n) is 17.2. The largest absolute Gasteiger partial charge is 0.450 e. The molecule has 1 fully saturated rings. The van der Waals surface area contributed by atoms with Crippen LogP contribution >= 0.6 is 11.3 Å². The van der Waals surface area contributed by atoms with Crippen LogP contribution in [-0.2, 0) is 19.6 Å². The van der Waals surface area contributed by atoms with E-state index < -0.39 is 33.8 Å². The molecular formula is C20H22FN3O6S2. The number of benzene rings is 1. The molecule has 0 spiro atoms. The number of hydrogen-bond acceptors (Lipinski definition) is 7. The quantitative estimate of drug-likeness (QED) is 0.652. The molecule has 3 amide bonds. The van der Waals surface area contributed by atoms with Crippen molar-refractivity contribution in [2.45, 2.75) is 24.7 Å². The van der Waals surface area contributed by atoms with Crippen LogP contribution in [0.2, 0.25) is 0 Å². The number of carbonyl (C=O) groups is 3. The maximum Gasteiger partial charge on any atom is 0.414 e. The number of nitrogens with one attached hydrogen (secondary N) is 2. The molecule has 1 aliphatic rings. The van der Waals surface area contributed by atoms with Gasteiger partial charge in [0.1, 0.15) is 10.8 Å². The summed E-state index contributed by atoms with van der Waals surface area (Å²) in [6, 6.07) is 6.08. The fourth-order valence-corrected chi connectivity index (χ4v) is 5.50. The molecule has 0 aliphatic carbocycles. The normalized spacial score (nSPS) is 15.2. The van der Waals surface area contributed by atoms with Crippen LogP contribution in [0.1, 0.15) is 30.1 Å². The number of imide groups is 1. The lowest BCUT2D eigenvalue weighted by molar-refractivity contribution is -0.120. The highest BCUT2D eigenvalue weighted by Gasteiger charge is 2.32. The van der Waals surface area contributed by atoms with Crippen molar-refractivity contribution in [3.8, 4) is 0 Å². The highest BCUT2D eigenvalue weighted by molar-refractivity contribution is 7.89. The second-order valence-electron chi connectivity index (χ2n) is 6.96. The second-order valence-corrected chi connectivity index (χ2v) is 9.81. The number of piperidine rings is 1. The predicted molar refractivity (Wildman–Crippen MR) is 115 cm³/mol. The summed E-state index contributed by atoms with van der Waals surface area (Å²) < 4.78 is 44.4. The Hall–Kier alpha value is -2.83. The highest BCUT2D eigenvalue weighted by atomic mass is 32.2. The lowest BCUT2D eigenvalue weighted by Gasteiger charge is -2.30. The Morgan fingerprint density at radius 1 is 1.16 bits per heavy atom. The van der Waals surface area contributed by atoms with Gasteiger partial charge in [-0.25, -0.2) is 17.6 Å². The third-order valence-corrected chi connectivity index (χ3v) is 7.66. The summed E-state index contributed by atoms with van der Waals surface area (Å²) in [7, 11) is -3.77. The minimum Gasteiger partial charge on any atom is -0.450 e. The molecule has 172 valence electrons. The van der Waals surface area contributed by atoms with Gasteiger partial charge in [0, 0.05) is 19.0 Å². The number of carbonyl (C=O) groups excluding carboxylic acids is 3. The molecule has 1 saturated heterocycles. The van der Waals surface area contributed by atoms with Gasteiger partial charge in [0.2, 0.25) is 15.9 Å². The minimum absolute atomic E-state index is 0.00218. The smallest absolute Gasteiger partial charge is 0.414 e. The first-order valence-corrected chi connectivity index (χ1v) is 12.2. The SMILES string of the molecule is CCOC(=O)NC(=O)c1ccsc1NC(=O)C1CCN(S(=O)(=O)c2ccc(F)cc2)CC1. The van der Waals surface area contributed by atoms with E-state index in [4.69, 9.17) is 0 Å². The molecule has 0 unspecified atom stereocenters. The van der Waals surface area contributed by atoms with Crippen molar-refractivity contribution >= 4 is 44.3 Å². The maximum absolute atomic E-state index is 13.1. The molecule has 0 saturated carbocycles. The Labute approximate surface area is 188 Å². The van der Waals surface area contributed by atoms with E-state index in [2.05, 4.69) is 15.4 Å². The van der Waals surface area contributed by atoms with Gasteiger partial charge in [0.25, 0.3) is 5.91 Å². The van der Waals surface area contributed by atoms with Crippen LogP contribution in [0.4, 0.5) is 14.2 Å². The Balaban J connectivity index is 1.59. The Morgan fingerprint density at radius 3 is 2.44 bits per heavy atom. The lowest BCUT2D eigenvalue weighted by Crippen LogP contribution is -2.41. The van der Waals surface area contributed by atoms with E-state index in [0.29, 0.717) is 12.8 Å². The Bertz CT molecular complexity index is 1090. The number of hydrogen-bond donors (Lipinski definition) is 2. The number of sulfonamides is 1. The van der Waals surface area contributed by atoms with Crippen molar-refractivity contribution < 1.29 is 31.9 Å². The lowest BCUT2D eigenvalue weighted by atomic mass is 9.97. The van der Waals surface area contributed by atoms with Gasteiger partial charge in [-0.3, -0.25) is 14.9 Å². The van der Waals surface area contributed by atoms with Crippen LogP contribution in [-0.4, -0.2) is 50.3 Å². The van der Waals surface area contributed by atoms with E-state index in [0.717, 1.165) is 23.5 Å². The van der Waals surface area contributed by atoms with E-state index in [-0.39, 0.29) is 41.1 Å². The summed E-state index contributed by atoms with van der Waals surface area (Å²) in [5.74, 6) is -2.00. The van der Waals surface area contributed by atoms with Gasteiger partial charge in [-0.2, -0.15) is 4.31 Å². The van der Waals surface area contributed by atoms with Gasteiger partial charge in [-0.1, -0.05) is 0 Å². The molecule has 0 radical (unpaired) electrons. The second kappa shape index (κ2) is 10.2. The van der Waals surface area contributed by atoms with E-state index in [1.165, 1.54) is 22.5 Å². The predicted octanol–water partition coefficient (Wildman–Crippen LogP) is 2.81. The average molecular weight is 484 g/mol. The fourth-order valence-electron chi connectivity index (χ4n) is 3.24. The van der Waals surface area contributed by atoms with E-state index >= 15 is 0 Å². The van der Waals surface area contributed by atoms with Crippen molar-refractivity contribution in [3.05, 3.63) is 47.1 Å². The first-order valence-electron chi connectivity index (χ1n) is 9.84. The first-order chi connectivity index (χ1) is 15.2. The number of anilines is 1.